The van der Waals surface area contributed by atoms with Crippen molar-refractivity contribution in [1.29, 1.82) is 0 Å². The molecule has 2 aromatic rings. The number of carbonyl (C=O) groups is 1. The fourth-order valence-electron chi connectivity index (χ4n) is 1.69. The lowest BCUT2D eigenvalue weighted by Crippen LogP contribution is -2.34. The molecule has 0 fully saturated rings. The minimum Gasteiger partial charge on any atom is -0.340 e. The molecule has 0 saturated carbocycles. The highest BCUT2D eigenvalue weighted by molar-refractivity contribution is 5.92. The molecule has 3 heterocycles. The van der Waals surface area contributed by atoms with Crippen LogP contribution in [-0.2, 0) is 6.54 Å². The molecule has 1 aliphatic heterocycles. The maximum atomic E-state index is 11.2. The first kappa shape index (κ1) is 9.64. The highest BCUT2D eigenvalue weighted by atomic mass is 16.2. The summed E-state index contributed by atoms with van der Waals surface area (Å²) >= 11 is 0. The van der Waals surface area contributed by atoms with Crippen molar-refractivity contribution in [3.05, 3.63) is 30.4 Å². The standard InChI is InChI=1S/C10H10N6O/c17-10-13-3-6-7(1-2-12-9(6)16-10)15-8-4-11-5-14-8/h1-2,4-5H,3H2,(H,11,14)(H3,12,13,15,16,17). The van der Waals surface area contributed by atoms with Crippen LogP contribution in [0.15, 0.2) is 24.8 Å². The number of aromatic nitrogens is 3. The summed E-state index contributed by atoms with van der Waals surface area (Å²) in [4.78, 5) is 22.2. The van der Waals surface area contributed by atoms with Gasteiger partial charge >= 0.3 is 6.03 Å². The maximum Gasteiger partial charge on any atom is 0.320 e. The summed E-state index contributed by atoms with van der Waals surface area (Å²) in [5.41, 5.74) is 1.80. The molecule has 7 nitrogen and oxygen atoms in total. The fraction of sp³-hybridized carbons (Fsp3) is 0.100. The molecule has 17 heavy (non-hydrogen) atoms. The molecular formula is C10H10N6O. The second-order valence-corrected chi connectivity index (χ2v) is 3.58. The minimum absolute atomic E-state index is 0.233. The van der Waals surface area contributed by atoms with Crippen molar-refractivity contribution in [1.82, 2.24) is 20.3 Å². The zero-order chi connectivity index (χ0) is 11.7. The number of hydrogen-bond acceptors (Lipinski definition) is 4. The largest absolute Gasteiger partial charge is 0.340 e. The summed E-state index contributed by atoms with van der Waals surface area (Å²) in [6.45, 7) is 0.450. The third-order valence-corrected chi connectivity index (χ3v) is 2.48. The Morgan fingerprint density at radius 3 is 3.18 bits per heavy atom. The Labute approximate surface area is 96.7 Å². The second-order valence-electron chi connectivity index (χ2n) is 3.58. The molecule has 0 aliphatic carbocycles. The highest BCUT2D eigenvalue weighted by Gasteiger charge is 2.18. The number of urea groups is 1. The zero-order valence-corrected chi connectivity index (χ0v) is 8.82. The van der Waals surface area contributed by atoms with E-state index in [9.17, 15) is 4.79 Å². The van der Waals surface area contributed by atoms with Crippen LogP contribution < -0.4 is 16.0 Å². The third-order valence-electron chi connectivity index (χ3n) is 2.48. The molecule has 0 bridgehead atoms. The van der Waals surface area contributed by atoms with E-state index in [0.717, 1.165) is 17.1 Å². The number of nitrogens with zero attached hydrogens (tertiary/aromatic N) is 2. The average Bonchev–Trinajstić information content (AvgIpc) is 2.82. The predicted molar refractivity (Wildman–Crippen MR) is 62.0 cm³/mol. The van der Waals surface area contributed by atoms with Gasteiger partial charge in [0.25, 0.3) is 0 Å². The Morgan fingerprint density at radius 2 is 2.35 bits per heavy atom. The summed E-state index contributed by atoms with van der Waals surface area (Å²) in [5.74, 6) is 1.37. The lowest BCUT2D eigenvalue weighted by atomic mass is 10.2. The molecule has 0 unspecified atom stereocenters. The minimum atomic E-state index is -0.233. The number of pyridine rings is 1. The Morgan fingerprint density at radius 1 is 1.41 bits per heavy atom. The number of hydrogen-bond donors (Lipinski definition) is 4. The van der Waals surface area contributed by atoms with Gasteiger partial charge in [-0.2, -0.15) is 0 Å². The van der Waals surface area contributed by atoms with Crippen molar-refractivity contribution < 1.29 is 4.79 Å². The van der Waals surface area contributed by atoms with Gasteiger partial charge in [-0.25, -0.2) is 14.8 Å². The molecule has 7 heteroatoms. The van der Waals surface area contributed by atoms with E-state index in [1.165, 1.54) is 0 Å². The van der Waals surface area contributed by atoms with Gasteiger partial charge < -0.3 is 15.6 Å². The molecule has 1 aliphatic rings. The van der Waals surface area contributed by atoms with E-state index in [1.54, 1.807) is 18.7 Å². The third kappa shape index (κ3) is 1.78. The Balaban J connectivity index is 1.95. The van der Waals surface area contributed by atoms with Crippen molar-refractivity contribution in [2.45, 2.75) is 6.54 Å². The molecule has 2 aromatic heterocycles. The number of rotatable bonds is 2. The van der Waals surface area contributed by atoms with Crippen LogP contribution in [0.3, 0.4) is 0 Å². The summed E-state index contributed by atoms with van der Waals surface area (Å²) in [6, 6.07) is 1.61. The molecule has 0 saturated heterocycles. The van der Waals surface area contributed by atoms with E-state index in [2.05, 4.69) is 30.9 Å². The van der Waals surface area contributed by atoms with Crippen LogP contribution in [0.5, 0.6) is 0 Å². The molecule has 3 rings (SSSR count). The smallest absolute Gasteiger partial charge is 0.320 e. The number of fused-ring (bicyclic) bond motifs is 1. The Kier molecular flexibility index (Phi) is 2.14. The molecule has 0 aromatic carbocycles. The number of nitrogens with one attached hydrogen (secondary N) is 4. The van der Waals surface area contributed by atoms with Crippen molar-refractivity contribution in [3.8, 4) is 0 Å². The first-order valence-corrected chi connectivity index (χ1v) is 5.11. The molecule has 4 N–H and O–H groups in total. The monoisotopic (exact) mass is 230 g/mol. The van der Waals surface area contributed by atoms with Gasteiger partial charge in [-0.3, -0.25) is 5.32 Å². The van der Waals surface area contributed by atoms with Crippen LogP contribution >= 0.6 is 0 Å². The first-order chi connectivity index (χ1) is 8.33. The van der Waals surface area contributed by atoms with Crippen molar-refractivity contribution >= 4 is 23.4 Å². The quantitative estimate of drug-likeness (QED) is 0.623. The summed E-state index contributed by atoms with van der Waals surface area (Å²) in [5, 5.41) is 8.53. The van der Waals surface area contributed by atoms with E-state index in [1.807, 2.05) is 6.07 Å². The van der Waals surface area contributed by atoms with Crippen molar-refractivity contribution in [2.75, 3.05) is 10.6 Å². The summed E-state index contributed by atoms with van der Waals surface area (Å²) < 4.78 is 0. The molecule has 0 spiro atoms. The molecule has 2 amide bonds. The SMILES string of the molecule is O=C1NCc2c(Nc3cnc[nH]3)ccnc2N1. The van der Waals surface area contributed by atoms with Gasteiger partial charge in [0.2, 0.25) is 0 Å². The first-order valence-electron chi connectivity index (χ1n) is 5.11. The van der Waals surface area contributed by atoms with Crippen LogP contribution in [0.25, 0.3) is 0 Å². The van der Waals surface area contributed by atoms with E-state index < -0.39 is 0 Å². The number of anilines is 3. The molecule has 0 atom stereocenters. The zero-order valence-electron chi connectivity index (χ0n) is 8.82. The van der Waals surface area contributed by atoms with E-state index in [0.29, 0.717) is 12.4 Å². The number of amides is 2. The lowest BCUT2D eigenvalue weighted by molar-refractivity contribution is 0.250. The van der Waals surface area contributed by atoms with Gasteiger partial charge in [0, 0.05) is 17.4 Å². The predicted octanol–water partition coefficient (Wildman–Crippen LogP) is 1.18. The van der Waals surface area contributed by atoms with Gasteiger partial charge in [0.05, 0.1) is 19.1 Å². The molecule has 0 radical (unpaired) electrons. The van der Waals surface area contributed by atoms with Crippen LogP contribution in [0.4, 0.5) is 22.1 Å². The number of H-pyrrole nitrogens is 1. The normalized spacial score (nSPS) is 13.5. The Bertz CT molecular complexity index is 550. The fourth-order valence-corrected chi connectivity index (χ4v) is 1.69. The van der Waals surface area contributed by atoms with Gasteiger partial charge in [0.1, 0.15) is 11.6 Å². The van der Waals surface area contributed by atoms with Crippen LogP contribution in [0.1, 0.15) is 5.56 Å². The number of imidazole rings is 1. The van der Waals surface area contributed by atoms with Gasteiger partial charge in [-0.05, 0) is 6.07 Å². The Hall–Kier alpha value is -2.57. The van der Waals surface area contributed by atoms with Gasteiger partial charge in [-0.1, -0.05) is 0 Å². The number of aromatic amines is 1. The second kappa shape index (κ2) is 3.78. The number of carbonyl (C=O) groups excluding carboxylic acids is 1. The lowest BCUT2D eigenvalue weighted by Gasteiger charge is -2.20. The topological polar surface area (TPSA) is 94.7 Å². The highest BCUT2D eigenvalue weighted by Crippen LogP contribution is 2.26. The van der Waals surface area contributed by atoms with Crippen molar-refractivity contribution in [2.24, 2.45) is 0 Å². The summed E-state index contributed by atoms with van der Waals surface area (Å²) in [6.07, 6.45) is 4.92. The van der Waals surface area contributed by atoms with E-state index in [4.69, 9.17) is 0 Å². The summed E-state index contributed by atoms with van der Waals surface area (Å²) in [7, 11) is 0. The molecule has 86 valence electrons. The average molecular weight is 230 g/mol. The van der Waals surface area contributed by atoms with Gasteiger partial charge in [-0.15, -0.1) is 0 Å². The van der Waals surface area contributed by atoms with Crippen LogP contribution in [0.2, 0.25) is 0 Å². The van der Waals surface area contributed by atoms with Crippen molar-refractivity contribution in [3.63, 3.8) is 0 Å². The van der Waals surface area contributed by atoms with E-state index >= 15 is 0 Å². The van der Waals surface area contributed by atoms with E-state index in [-0.39, 0.29) is 6.03 Å². The van der Waals surface area contributed by atoms with Crippen LogP contribution in [-0.4, -0.2) is 21.0 Å². The van der Waals surface area contributed by atoms with Crippen LogP contribution in [0, 0.1) is 0 Å². The maximum absolute atomic E-state index is 11.2. The molecular weight excluding hydrogens is 220 g/mol. The van der Waals surface area contributed by atoms with Gasteiger partial charge in [0.15, 0.2) is 0 Å².